The van der Waals surface area contributed by atoms with Crippen molar-refractivity contribution >= 4 is 11.8 Å². The van der Waals surface area contributed by atoms with E-state index in [1.54, 1.807) is 4.90 Å². The molecule has 3 aliphatic rings. The van der Waals surface area contributed by atoms with E-state index in [9.17, 15) is 22.8 Å². The fourth-order valence-electron chi connectivity index (χ4n) is 7.04. The molecule has 2 aliphatic heterocycles. The minimum Gasteiger partial charge on any atom is -0.354 e. The van der Waals surface area contributed by atoms with E-state index in [1.165, 1.54) is 74.8 Å². The van der Waals surface area contributed by atoms with Crippen LogP contribution in [0.5, 0.6) is 0 Å². The van der Waals surface area contributed by atoms with Gasteiger partial charge in [0.2, 0.25) is 0 Å². The number of halogens is 3. The number of likely N-dealkylation sites (tertiary alicyclic amines) is 1. The average Bonchev–Trinajstić information content (AvgIpc) is 3.45. The van der Waals surface area contributed by atoms with Crippen LogP contribution in [0.4, 0.5) is 13.2 Å². The Bertz CT molecular complexity index is 1190. The molecule has 1 aliphatic carbocycles. The second-order valence-electron chi connectivity index (χ2n) is 12.7. The number of rotatable bonds is 7. The van der Waals surface area contributed by atoms with E-state index >= 15 is 0 Å². The van der Waals surface area contributed by atoms with Gasteiger partial charge in [-0.15, -0.1) is 0 Å². The van der Waals surface area contributed by atoms with Crippen molar-refractivity contribution in [3.05, 3.63) is 58.4 Å². The van der Waals surface area contributed by atoms with E-state index in [2.05, 4.69) is 15.6 Å². The molecule has 9 heteroatoms. The predicted octanol–water partition coefficient (Wildman–Crippen LogP) is 7.00. The van der Waals surface area contributed by atoms with Crippen LogP contribution in [0.2, 0.25) is 0 Å². The number of aromatic amines is 1. The molecule has 42 heavy (non-hydrogen) atoms. The van der Waals surface area contributed by atoms with Crippen LogP contribution < -0.4 is 10.6 Å². The number of unbranched alkanes of at least 4 members (excludes halogenated alkanes) is 1. The third-order valence-electron chi connectivity index (χ3n) is 9.65. The molecule has 1 aromatic carbocycles. The number of benzene rings is 1. The zero-order chi connectivity index (χ0) is 29.6. The molecule has 1 saturated heterocycles. The SMILES string of the molecule is O=C(NCCCCC1CCN(C(=O)c2ccc(C(F)(F)F)cc2)CC1)c1cc2c([nH]1)CC1(CCCCCCCC1)NC2. The van der Waals surface area contributed by atoms with Gasteiger partial charge in [-0.25, -0.2) is 0 Å². The molecule has 3 N–H and O–H groups in total. The highest BCUT2D eigenvalue weighted by molar-refractivity contribution is 5.94. The molecule has 0 bridgehead atoms. The highest BCUT2D eigenvalue weighted by Crippen LogP contribution is 2.34. The average molecular weight is 587 g/mol. The maximum absolute atomic E-state index is 12.9. The summed E-state index contributed by atoms with van der Waals surface area (Å²) in [5.74, 6) is 0.273. The summed E-state index contributed by atoms with van der Waals surface area (Å²) < 4.78 is 38.4. The van der Waals surface area contributed by atoms with Gasteiger partial charge in [0.1, 0.15) is 5.69 Å². The van der Waals surface area contributed by atoms with Crippen LogP contribution in [0.3, 0.4) is 0 Å². The second kappa shape index (κ2) is 13.7. The standard InChI is InChI=1S/C33H45F3N4O2/c34-33(35,36)27-12-10-25(11-13-27)31(42)40-19-14-24(15-20-40)9-5-8-18-37-30(41)28-21-26-23-38-32(22-29(26)39-28)16-6-3-1-2-4-7-17-32/h10-13,21,24,38-39H,1-9,14-20,22-23H2,(H,37,41). The zero-order valence-corrected chi connectivity index (χ0v) is 24.6. The van der Waals surface area contributed by atoms with Crippen molar-refractivity contribution in [1.82, 2.24) is 20.5 Å². The smallest absolute Gasteiger partial charge is 0.354 e. The first-order valence-electron chi connectivity index (χ1n) is 15.9. The fourth-order valence-corrected chi connectivity index (χ4v) is 7.04. The lowest BCUT2D eigenvalue weighted by molar-refractivity contribution is -0.137. The van der Waals surface area contributed by atoms with Crippen molar-refractivity contribution in [3.8, 4) is 0 Å². The summed E-state index contributed by atoms with van der Waals surface area (Å²) in [4.78, 5) is 30.8. The lowest BCUT2D eigenvalue weighted by Gasteiger charge is -2.38. The molecule has 6 nitrogen and oxygen atoms in total. The van der Waals surface area contributed by atoms with Gasteiger partial charge in [0.15, 0.2) is 0 Å². The number of hydrogen-bond donors (Lipinski definition) is 3. The molecule has 1 saturated carbocycles. The number of piperidine rings is 1. The van der Waals surface area contributed by atoms with Gasteiger partial charge < -0.3 is 20.5 Å². The molecule has 0 unspecified atom stereocenters. The molecule has 1 aromatic heterocycles. The Balaban J connectivity index is 0.997. The summed E-state index contributed by atoms with van der Waals surface area (Å²) >= 11 is 0. The van der Waals surface area contributed by atoms with Gasteiger partial charge in [-0.05, 0) is 73.9 Å². The number of nitrogens with zero attached hydrogens (tertiary/aromatic N) is 1. The van der Waals surface area contributed by atoms with Crippen molar-refractivity contribution in [2.75, 3.05) is 19.6 Å². The highest BCUT2D eigenvalue weighted by atomic mass is 19.4. The van der Waals surface area contributed by atoms with Gasteiger partial charge in [-0.1, -0.05) is 51.4 Å². The van der Waals surface area contributed by atoms with Crippen molar-refractivity contribution in [2.45, 2.75) is 108 Å². The number of carbonyl (C=O) groups is 2. The third-order valence-corrected chi connectivity index (χ3v) is 9.65. The van der Waals surface area contributed by atoms with E-state index in [4.69, 9.17) is 0 Å². The zero-order valence-electron chi connectivity index (χ0n) is 24.6. The number of fused-ring (bicyclic) bond motifs is 1. The summed E-state index contributed by atoms with van der Waals surface area (Å²) in [5.41, 5.74) is 2.82. The molecular formula is C33H45F3N4O2. The van der Waals surface area contributed by atoms with Gasteiger partial charge in [0.05, 0.1) is 5.56 Å². The van der Waals surface area contributed by atoms with Gasteiger partial charge in [0.25, 0.3) is 11.8 Å². The Kier molecular flexibility index (Phi) is 9.96. The number of amides is 2. The molecule has 0 radical (unpaired) electrons. The van der Waals surface area contributed by atoms with Crippen LogP contribution in [0.1, 0.15) is 121 Å². The van der Waals surface area contributed by atoms with Crippen LogP contribution in [-0.2, 0) is 19.1 Å². The molecular weight excluding hydrogens is 541 g/mol. The van der Waals surface area contributed by atoms with E-state index in [1.807, 2.05) is 6.07 Å². The number of aromatic nitrogens is 1. The lowest BCUT2D eigenvalue weighted by Crippen LogP contribution is -2.49. The minimum absolute atomic E-state index is 0.0389. The summed E-state index contributed by atoms with van der Waals surface area (Å²) in [5, 5.41) is 6.93. The number of hydrogen-bond acceptors (Lipinski definition) is 3. The first-order valence-corrected chi connectivity index (χ1v) is 15.9. The summed E-state index contributed by atoms with van der Waals surface area (Å²) in [7, 11) is 0. The van der Waals surface area contributed by atoms with Crippen LogP contribution >= 0.6 is 0 Å². The molecule has 5 rings (SSSR count). The molecule has 1 spiro atoms. The molecule has 2 aromatic rings. The molecule has 2 fully saturated rings. The van der Waals surface area contributed by atoms with E-state index in [-0.39, 0.29) is 17.4 Å². The number of H-pyrrole nitrogens is 1. The van der Waals surface area contributed by atoms with Gasteiger partial charge in [0, 0.05) is 49.4 Å². The normalized spacial score (nSPS) is 19.9. The predicted molar refractivity (Wildman–Crippen MR) is 157 cm³/mol. The first kappa shape index (κ1) is 30.6. The van der Waals surface area contributed by atoms with Crippen molar-refractivity contribution in [2.24, 2.45) is 5.92 Å². The van der Waals surface area contributed by atoms with E-state index < -0.39 is 11.7 Å². The first-order chi connectivity index (χ1) is 20.2. The monoisotopic (exact) mass is 586 g/mol. The number of nitrogens with one attached hydrogen (secondary N) is 3. The molecule has 230 valence electrons. The summed E-state index contributed by atoms with van der Waals surface area (Å²) in [6.07, 6.45) is 11.6. The Morgan fingerprint density at radius 2 is 1.62 bits per heavy atom. The van der Waals surface area contributed by atoms with E-state index in [0.717, 1.165) is 57.2 Å². The number of alkyl halides is 3. The minimum atomic E-state index is -4.40. The van der Waals surface area contributed by atoms with Crippen molar-refractivity contribution < 1.29 is 22.8 Å². The summed E-state index contributed by atoms with van der Waals surface area (Å²) in [6.45, 7) is 2.70. The Morgan fingerprint density at radius 1 is 0.952 bits per heavy atom. The van der Waals surface area contributed by atoms with Crippen molar-refractivity contribution in [1.29, 1.82) is 0 Å². The maximum Gasteiger partial charge on any atom is 0.416 e. The van der Waals surface area contributed by atoms with Crippen LogP contribution in [0.15, 0.2) is 30.3 Å². The highest BCUT2D eigenvalue weighted by Gasteiger charge is 2.35. The van der Waals surface area contributed by atoms with Gasteiger partial charge in [-0.2, -0.15) is 13.2 Å². The Morgan fingerprint density at radius 3 is 2.29 bits per heavy atom. The summed E-state index contributed by atoms with van der Waals surface area (Å²) in [6, 6.07) is 6.48. The van der Waals surface area contributed by atoms with E-state index in [0.29, 0.717) is 36.8 Å². The van der Waals surface area contributed by atoms with Crippen LogP contribution in [0, 0.1) is 5.92 Å². The fraction of sp³-hybridized carbons (Fsp3) is 0.636. The third kappa shape index (κ3) is 7.77. The molecule has 3 heterocycles. The molecule has 2 amide bonds. The topological polar surface area (TPSA) is 77.2 Å². The Labute approximate surface area is 247 Å². The van der Waals surface area contributed by atoms with Gasteiger partial charge >= 0.3 is 6.18 Å². The molecule has 0 atom stereocenters. The number of carbonyl (C=O) groups excluding carboxylic acids is 2. The largest absolute Gasteiger partial charge is 0.416 e. The second-order valence-corrected chi connectivity index (χ2v) is 12.7. The maximum atomic E-state index is 12.9. The Hall–Kier alpha value is -2.81. The van der Waals surface area contributed by atoms with Crippen LogP contribution in [0.25, 0.3) is 0 Å². The van der Waals surface area contributed by atoms with Crippen molar-refractivity contribution in [3.63, 3.8) is 0 Å². The van der Waals surface area contributed by atoms with Gasteiger partial charge in [-0.3, -0.25) is 9.59 Å². The lowest BCUT2D eigenvalue weighted by atomic mass is 9.80. The quantitative estimate of drug-likeness (QED) is 0.306. The van der Waals surface area contributed by atoms with Crippen LogP contribution in [-0.4, -0.2) is 46.9 Å².